The molecule has 3 heterocycles. The van der Waals surface area contributed by atoms with Crippen molar-refractivity contribution < 1.29 is 9.59 Å². The number of hydrogen-bond donors (Lipinski definition) is 1. The van der Waals surface area contributed by atoms with E-state index in [1.54, 1.807) is 29.2 Å². The summed E-state index contributed by atoms with van der Waals surface area (Å²) in [4.78, 5) is 30.0. The summed E-state index contributed by atoms with van der Waals surface area (Å²) in [6.45, 7) is 1.20. The molecule has 1 aliphatic heterocycles. The van der Waals surface area contributed by atoms with Crippen LogP contribution in [0.4, 0.5) is 0 Å². The van der Waals surface area contributed by atoms with Crippen LogP contribution in [0.15, 0.2) is 36.4 Å². The highest BCUT2D eigenvalue weighted by molar-refractivity contribution is 5.99. The van der Waals surface area contributed by atoms with Crippen molar-refractivity contribution >= 4 is 17.5 Å². The first-order valence-electron chi connectivity index (χ1n) is 8.93. The van der Waals surface area contributed by atoms with Gasteiger partial charge in [-0.3, -0.25) is 9.59 Å². The van der Waals surface area contributed by atoms with Crippen LogP contribution < -0.4 is 5.73 Å². The third-order valence-corrected chi connectivity index (χ3v) is 5.04. The van der Waals surface area contributed by atoms with Crippen molar-refractivity contribution in [2.24, 2.45) is 11.7 Å². The molecule has 1 radical (unpaired) electrons. The first-order chi connectivity index (χ1) is 13.6. The van der Waals surface area contributed by atoms with Crippen LogP contribution >= 0.6 is 0 Å². The van der Waals surface area contributed by atoms with Gasteiger partial charge in [-0.15, -0.1) is 5.10 Å². The van der Waals surface area contributed by atoms with Crippen LogP contribution in [-0.2, 0) is 0 Å². The van der Waals surface area contributed by atoms with E-state index in [0.29, 0.717) is 42.8 Å². The Morgan fingerprint density at radius 1 is 1.14 bits per heavy atom. The van der Waals surface area contributed by atoms with E-state index < -0.39 is 5.91 Å². The third kappa shape index (κ3) is 3.07. The molecular weight excluding hydrogens is 356 g/mol. The summed E-state index contributed by atoms with van der Waals surface area (Å²) in [5.41, 5.74) is 8.10. The molecule has 2 N–H and O–H groups in total. The van der Waals surface area contributed by atoms with Crippen molar-refractivity contribution in [2.45, 2.75) is 12.8 Å². The fourth-order valence-electron chi connectivity index (χ4n) is 3.45. The molecule has 28 heavy (non-hydrogen) atoms. The van der Waals surface area contributed by atoms with Crippen molar-refractivity contribution in [3.8, 4) is 17.3 Å². The highest BCUT2D eigenvalue weighted by atomic mass is 16.2. The Hall–Kier alpha value is -3.73. The summed E-state index contributed by atoms with van der Waals surface area (Å²) >= 11 is 0. The van der Waals surface area contributed by atoms with Gasteiger partial charge in [-0.2, -0.15) is 5.26 Å². The average Bonchev–Trinajstić information content (AvgIpc) is 3.22. The Morgan fingerprint density at radius 2 is 1.86 bits per heavy atom. The monoisotopic (exact) mass is 373 g/mol. The zero-order valence-corrected chi connectivity index (χ0v) is 15.0. The van der Waals surface area contributed by atoms with Gasteiger partial charge in [-0.05, 0) is 37.1 Å². The minimum atomic E-state index is -0.584. The predicted molar refractivity (Wildman–Crippen MR) is 100 cm³/mol. The summed E-state index contributed by atoms with van der Waals surface area (Å²) in [5, 5.41) is 13.0. The third-order valence-electron chi connectivity index (χ3n) is 5.04. The van der Waals surface area contributed by atoms with Crippen molar-refractivity contribution in [1.29, 1.82) is 5.26 Å². The quantitative estimate of drug-likeness (QED) is 0.749. The van der Waals surface area contributed by atoms with Crippen LogP contribution in [0.25, 0.3) is 16.9 Å². The summed E-state index contributed by atoms with van der Waals surface area (Å²) in [7, 11) is 0. The van der Waals surface area contributed by atoms with Gasteiger partial charge in [0.25, 0.3) is 11.8 Å². The van der Waals surface area contributed by atoms with Gasteiger partial charge in [0.2, 0.25) is 6.33 Å². The molecule has 0 saturated carbocycles. The molecule has 0 atom stereocenters. The normalized spacial score (nSPS) is 14.8. The molecule has 1 aliphatic rings. The van der Waals surface area contributed by atoms with Crippen LogP contribution in [0.3, 0.4) is 0 Å². The molecule has 2 amide bonds. The number of piperidine rings is 1. The maximum absolute atomic E-state index is 12.7. The Kier molecular flexibility index (Phi) is 4.49. The van der Waals surface area contributed by atoms with Crippen molar-refractivity contribution in [3.63, 3.8) is 0 Å². The van der Waals surface area contributed by atoms with Crippen molar-refractivity contribution in [3.05, 3.63) is 53.9 Å². The summed E-state index contributed by atoms with van der Waals surface area (Å²) in [5.74, 6) is -0.581. The van der Waals surface area contributed by atoms with Gasteiger partial charge in [0.05, 0.1) is 17.3 Å². The van der Waals surface area contributed by atoms with Crippen molar-refractivity contribution in [2.75, 3.05) is 13.1 Å². The van der Waals surface area contributed by atoms with E-state index in [4.69, 9.17) is 11.0 Å². The first-order valence-corrected chi connectivity index (χ1v) is 8.93. The molecule has 0 aliphatic carbocycles. The van der Waals surface area contributed by atoms with Gasteiger partial charge >= 0.3 is 0 Å². The molecule has 0 bridgehead atoms. The number of pyridine rings is 1. The number of rotatable bonds is 3. The smallest absolute Gasteiger partial charge is 0.253 e. The highest BCUT2D eigenvalue weighted by Crippen LogP contribution is 2.23. The Labute approximate surface area is 161 Å². The number of benzene rings is 1. The van der Waals surface area contributed by atoms with Crippen molar-refractivity contribution in [1.82, 2.24) is 19.5 Å². The maximum atomic E-state index is 12.7. The predicted octanol–water partition coefficient (Wildman–Crippen LogP) is 1.67. The van der Waals surface area contributed by atoms with E-state index in [0.717, 1.165) is 5.56 Å². The Balaban J connectivity index is 1.59. The van der Waals surface area contributed by atoms with E-state index in [1.807, 2.05) is 12.1 Å². The number of nitrogens with zero attached hydrogens (tertiary/aromatic N) is 5. The topological polar surface area (TPSA) is 117 Å². The number of fused-ring (bicyclic) bond motifs is 1. The lowest BCUT2D eigenvalue weighted by atomic mass is 9.98. The lowest BCUT2D eigenvalue weighted by Crippen LogP contribution is -2.38. The Bertz CT molecular complexity index is 1090. The molecule has 1 fully saturated rings. The highest BCUT2D eigenvalue weighted by Gasteiger charge is 2.23. The fourth-order valence-corrected chi connectivity index (χ4v) is 3.45. The number of carbonyl (C=O) groups is 2. The first kappa shape index (κ1) is 17.7. The molecule has 139 valence electrons. The minimum absolute atomic E-state index is 0.0359. The molecule has 1 saturated heterocycles. The minimum Gasteiger partial charge on any atom is -0.365 e. The second kappa shape index (κ2) is 7.12. The number of primary amides is 1. The standard InChI is InChI=1S/C20H17N6O2/c21-11-13-7-9-25(10-8-13)20(28)15-3-1-14(2-4-15)17-6-5-16(18(22)27)19-23-12-24-26(17)19/h1-6,13H,7-10H2,(H2,22,27). The molecule has 8 nitrogen and oxygen atoms in total. The number of nitriles is 1. The van der Waals surface area contributed by atoms with Gasteiger partial charge in [-0.1, -0.05) is 12.1 Å². The van der Waals surface area contributed by atoms with Crippen LogP contribution in [0, 0.1) is 23.6 Å². The second-order valence-corrected chi connectivity index (χ2v) is 6.72. The molecule has 2 aromatic heterocycles. The summed E-state index contributed by atoms with van der Waals surface area (Å²) < 4.78 is 1.50. The summed E-state index contributed by atoms with van der Waals surface area (Å²) in [6, 6.07) is 12.8. The molecule has 4 rings (SSSR count). The lowest BCUT2D eigenvalue weighted by molar-refractivity contribution is 0.0707. The molecule has 0 unspecified atom stereocenters. The van der Waals surface area contributed by atoms with Crippen LogP contribution in [0.2, 0.25) is 0 Å². The largest absolute Gasteiger partial charge is 0.365 e. The maximum Gasteiger partial charge on any atom is 0.253 e. The van der Waals surface area contributed by atoms with Gasteiger partial charge in [0.1, 0.15) is 0 Å². The van der Waals surface area contributed by atoms with Crippen LogP contribution in [0.5, 0.6) is 0 Å². The van der Waals surface area contributed by atoms with E-state index >= 15 is 0 Å². The van der Waals surface area contributed by atoms with Gasteiger partial charge < -0.3 is 10.6 Å². The Morgan fingerprint density at radius 3 is 2.50 bits per heavy atom. The summed E-state index contributed by atoms with van der Waals surface area (Å²) in [6.07, 6.45) is 3.93. The number of amides is 2. The average molecular weight is 373 g/mol. The number of aromatic nitrogens is 3. The number of carbonyl (C=O) groups excluding carboxylic acids is 2. The van der Waals surface area contributed by atoms with Crippen LogP contribution in [-0.4, -0.2) is 44.4 Å². The van der Waals surface area contributed by atoms with E-state index in [2.05, 4.69) is 22.5 Å². The lowest BCUT2D eigenvalue weighted by Gasteiger charge is -2.29. The van der Waals surface area contributed by atoms with Gasteiger partial charge in [-0.25, -0.2) is 9.50 Å². The van der Waals surface area contributed by atoms with E-state index in [1.165, 1.54) is 4.52 Å². The second-order valence-electron chi connectivity index (χ2n) is 6.72. The number of likely N-dealkylation sites (tertiary alicyclic amines) is 1. The van der Waals surface area contributed by atoms with Crippen LogP contribution in [0.1, 0.15) is 33.6 Å². The number of hydrogen-bond acceptors (Lipinski definition) is 5. The number of nitrogens with two attached hydrogens (primary N) is 1. The zero-order valence-electron chi connectivity index (χ0n) is 15.0. The SMILES string of the molecule is N#CC1CCN(C(=O)c2ccc(-c3ccc(C(N)=O)c4n[c]nn34)cc2)CC1. The van der Waals surface area contributed by atoms with Gasteiger partial charge in [0.15, 0.2) is 5.65 Å². The molecule has 3 aromatic rings. The van der Waals surface area contributed by atoms with E-state index in [-0.39, 0.29) is 17.4 Å². The molecule has 1 aromatic carbocycles. The molecular formula is C20H17N6O2. The van der Waals surface area contributed by atoms with Gasteiger partial charge in [0, 0.05) is 30.1 Å². The molecule has 0 spiro atoms. The van der Waals surface area contributed by atoms with E-state index in [9.17, 15) is 9.59 Å². The fraction of sp³-hybridized carbons (Fsp3) is 0.250. The molecule has 8 heteroatoms. The zero-order chi connectivity index (χ0) is 19.7.